The number of hydrogen-bond donors (Lipinski definition) is 0. The largest absolute Gasteiger partial charge is 0.309 e. The van der Waals surface area contributed by atoms with Crippen molar-refractivity contribution in [2.24, 2.45) is 0 Å². The van der Waals surface area contributed by atoms with Gasteiger partial charge in [0.25, 0.3) is 0 Å². The van der Waals surface area contributed by atoms with E-state index < -0.39 is 0 Å². The van der Waals surface area contributed by atoms with Gasteiger partial charge in [0.1, 0.15) is 0 Å². The van der Waals surface area contributed by atoms with E-state index in [9.17, 15) is 0 Å². The summed E-state index contributed by atoms with van der Waals surface area (Å²) < 4.78 is 12.3. The topological polar surface area (TPSA) is 24.6 Å². The summed E-state index contributed by atoms with van der Waals surface area (Å²) in [4.78, 5) is 0. The van der Waals surface area contributed by atoms with Crippen LogP contribution in [0.1, 0.15) is 74.9 Å². The second-order valence-electron chi connectivity index (χ2n) is 37.7. The molecular weight excluding hydrogens is 1570 g/mol. The van der Waals surface area contributed by atoms with Crippen LogP contribution in [0, 0.1) is 0 Å². The molecule has 26 aromatic rings. The maximum atomic E-state index is 2.49. The highest BCUT2D eigenvalue weighted by Gasteiger charge is 2.40. The van der Waals surface area contributed by atoms with Gasteiger partial charge in [-0.15, -0.1) is 0 Å². The first-order chi connectivity index (χ1) is 63.8. The third-order valence-corrected chi connectivity index (χ3v) is 29.9. The van der Waals surface area contributed by atoms with Gasteiger partial charge in [-0.3, -0.25) is 0 Å². The number of para-hydroxylation sites is 7. The van der Waals surface area contributed by atoms with Crippen LogP contribution in [-0.4, -0.2) is 22.8 Å². The second-order valence-corrected chi connectivity index (χ2v) is 37.7. The van der Waals surface area contributed by atoms with E-state index in [1.165, 1.54) is 258 Å². The fourth-order valence-corrected chi connectivity index (χ4v) is 24.1. The molecule has 0 unspecified atom stereocenters. The molecule has 21 aromatic carbocycles. The molecule has 0 fully saturated rings. The molecule has 3 aliphatic rings. The lowest BCUT2D eigenvalue weighted by Gasteiger charge is -2.35. The second kappa shape index (κ2) is 27.5. The van der Waals surface area contributed by atoms with E-state index in [-0.39, 0.29) is 16.2 Å². The quantitative estimate of drug-likeness (QED) is 0.153. The smallest absolute Gasteiger partial charge is 0.0561 e. The standard InChI is InChI=1S/2C43H30N2.C39H27N/c1-43(2)34-19-9-6-17-32(34)42-40-27(13-12-20-35(40)43)25-39-41(42)33-18-8-11-22-37(33)45(39)29-23-24-31-30-16-7-10-21-36(30)44(38(31)26-29)28-14-4-3-5-15-28;1-43(2)34-19-9-6-17-31(34)42-40-27(13-12-20-35(40)43)25-39-41(42)32-18-8-11-22-37(32)45(39)29-23-24-38-33(26-29)30-16-7-10-21-36(30)44(38)28-14-4-3-5-15-28;1-39(2)32-15-7-5-13-29(32)38-36-26(11-9-16-33(36)39)22-35-37(38)30-14-6-8-17-34(30)40(35)27-21-20-25-19-18-24-10-3-4-12-28(24)31(25)23-27/h2*3-26H,1-2H3;3-23H,1-2H3. The molecule has 612 valence electrons. The average molecular weight is 1660 g/mol. The molecule has 5 aromatic heterocycles. The van der Waals surface area contributed by atoms with Gasteiger partial charge in [0.05, 0.1) is 55.2 Å². The highest BCUT2D eigenvalue weighted by Crippen LogP contribution is 2.58. The highest BCUT2D eigenvalue weighted by atomic mass is 15.0. The van der Waals surface area contributed by atoms with Gasteiger partial charge in [-0.25, -0.2) is 0 Å². The SMILES string of the molecule is CC1(C)c2ccccc2-c2c3c1cccc3cc1c2c2ccccc2n1-c1ccc2c(c1)c1ccccc1n2-c1ccccc1.CC1(C)c2ccccc2-c2c3c1cccc3cc1c2c2ccccc2n1-c1ccc2c3ccccc3n(-c3ccccc3)c2c1.CC1(C)c2ccccc2-c2c3c1cccc3cc1c2c2ccccc2n1-c1ccc2ccc3ccccc3c2c1. The van der Waals surface area contributed by atoms with Crippen LogP contribution >= 0.6 is 0 Å². The van der Waals surface area contributed by atoms with Crippen LogP contribution in [0.15, 0.2) is 419 Å². The monoisotopic (exact) mass is 1660 g/mol. The Morgan fingerprint density at radius 2 is 0.423 bits per heavy atom. The van der Waals surface area contributed by atoms with Crippen molar-refractivity contribution in [1.29, 1.82) is 0 Å². The Bertz CT molecular complexity index is 9390. The third kappa shape index (κ3) is 10.3. The summed E-state index contributed by atoms with van der Waals surface area (Å²) in [6.07, 6.45) is 0. The van der Waals surface area contributed by atoms with Crippen molar-refractivity contribution < 1.29 is 0 Å². The molecule has 5 nitrogen and oxygen atoms in total. The van der Waals surface area contributed by atoms with E-state index in [2.05, 4.69) is 483 Å². The van der Waals surface area contributed by atoms with Crippen molar-refractivity contribution in [3.05, 3.63) is 452 Å². The minimum Gasteiger partial charge on any atom is -0.309 e. The molecule has 0 radical (unpaired) electrons. The number of nitrogens with zero attached hydrogens (tertiary/aromatic N) is 5. The van der Waals surface area contributed by atoms with E-state index in [1.807, 2.05) is 0 Å². The van der Waals surface area contributed by atoms with Crippen molar-refractivity contribution in [1.82, 2.24) is 22.8 Å². The predicted molar refractivity (Wildman–Crippen MR) is 551 cm³/mol. The first kappa shape index (κ1) is 74.2. The van der Waals surface area contributed by atoms with Gasteiger partial charge in [-0.1, -0.05) is 345 Å². The predicted octanol–water partition coefficient (Wildman–Crippen LogP) is 33.2. The number of rotatable bonds is 5. The summed E-state index contributed by atoms with van der Waals surface area (Å²) >= 11 is 0. The molecule has 130 heavy (non-hydrogen) atoms. The van der Waals surface area contributed by atoms with Gasteiger partial charge < -0.3 is 22.8 Å². The molecule has 29 rings (SSSR count). The Labute approximate surface area is 752 Å². The molecule has 0 saturated carbocycles. The molecule has 0 bridgehead atoms. The zero-order valence-corrected chi connectivity index (χ0v) is 73.1. The Morgan fingerprint density at radius 3 is 0.862 bits per heavy atom. The van der Waals surface area contributed by atoms with Crippen molar-refractivity contribution in [3.63, 3.8) is 0 Å². The average Bonchev–Trinajstić information content (AvgIpc) is 1.46. The Hall–Kier alpha value is -16.1. The maximum Gasteiger partial charge on any atom is 0.0561 e. The van der Waals surface area contributed by atoms with Crippen LogP contribution < -0.4 is 0 Å². The molecule has 0 saturated heterocycles. The molecule has 5 heterocycles. The van der Waals surface area contributed by atoms with Crippen LogP contribution in [-0.2, 0) is 16.2 Å². The highest BCUT2D eigenvalue weighted by molar-refractivity contribution is 6.29. The van der Waals surface area contributed by atoms with E-state index in [1.54, 1.807) is 0 Å². The van der Waals surface area contributed by atoms with Crippen molar-refractivity contribution in [2.45, 2.75) is 57.8 Å². The van der Waals surface area contributed by atoms with E-state index in [4.69, 9.17) is 0 Å². The van der Waals surface area contributed by atoms with E-state index >= 15 is 0 Å². The number of benzene rings is 21. The van der Waals surface area contributed by atoms with Gasteiger partial charge in [0.2, 0.25) is 0 Å². The molecule has 0 amide bonds. The lowest BCUT2D eigenvalue weighted by Crippen LogP contribution is -2.23. The zero-order chi connectivity index (χ0) is 86.3. The first-order valence-corrected chi connectivity index (χ1v) is 45.7. The number of aromatic nitrogens is 5. The summed E-state index contributed by atoms with van der Waals surface area (Å²) in [5.41, 5.74) is 34.6. The summed E-state index contributed by atoms with van der Waals surface area (Å²) in [6.45, 7) is 14.2. The summed E-state index contributed by atoms with van der Waals surface area (Å²) in [5.74, 6) is 0. The molecule has 5 heteroatoms. The lowest BCUT2D eigenvalue weighted by atomic mass is 9.68. The minimum absolute atomic E-state index is 0.0610. The Kier molecular flexibility index (Phi) is 15.7. The maximum absolute atomic E-state index is 2.49. The van der Waals surface area contributed by atoms with Crippen LogP contribution in [0.3, 0.4) is 0 Å². The zero-order valence-electron chi connectivity index (χ0n) is 73.1. The van der Waals surface area contributed by atoms with Crippen molar-refractivity contribution >= 4 is 163 Å². The molecule has 0 spiro atoms. The summed E-state index contributed by atoms with van der Waals surface area (Å²) in [7, 11) is 0. The first-order valence-electron chi connectivity index (χ1n) is 45.7. The normalized spacial score (nSPS) is 13.8. The lowest BCUT2D eigenvalue weighted by molar-refractivity contribution is 0.645. The van der Waals surface area contributed by atoms with Gasteiger partial charge in [-0.05, 0) is 219 Å². The fourth-order valence-electron chi connectivity index (χ4n) is 24.1. The van der Waals surface area contributed by atoms with Gasteiger partial charge in [-0.2, -0.15) is 0 Å². The Morgan fingerprint density at radius 1 is 0.146 bits per heavy atom. The van der Waals surface area contributed by atoms with Crippen molar-refractivity contribution in [3.8, 4) is 61.8 Å². The van der Waals surface area contributed by atoms with Crippen molar-refractivity contribution in [2.75, 3.05) is 0 Å². The van der Waals surface area contributed by atoms with E-state index in [0.717, 1.165) is 0 Å². The molecule has 3 aliphatic carbocycles. The molecule has 0 aliphatic heterocycles. The minimum atomic E-state index is -0.0783. The Balaban J connectivity index is 0.000000101. The van der Waals surface area contributed by atoms with Gasteiger partial charge >= 0.3 is 0 Å². The number of fused-ring (bicyclic) bond motifs is 27. The molecular formula is C125H87N5. The van der Waals surface area contributed by atoms with Gasteiger partial charge in [0.15, 0.2) is 0 Å². The number of hydrogen-bond acceptors (Lipinski definition) is 0. The van der Waals surface area contributed by atoms with Crippen LogP contribution in [0.5, 0.6) is 0 Å². The summed E-state index contributed by atoms with van der Waals surface area (Å²) in [6, 6.07) is 155. The summed E-state index contributed by atoms with van der Waals surface area (Å²) in [5, 5.41) is 26.1. The van der Waals surface area contributed by atoms with E-state index in [0.29, 0.717) is 0 Å². The molecule has 0 atom stereocenters. The van der Waals surface area contributed by atoms with Crippen LogP contribution in [0.2, 0.25) is 0 Å². The van der Waals surface area contributed by atoms with Gasteiger partial charge in [0, 0.05) is 115 Å². The fraction of sp³-hybridized carbons (Fsp3) is 0.0720. The third-order valence-electron chi connectivity index (χ3n) is 29.9. The van der Waals surface area contributed by atoms with Crippen LogP contribution in [0.4, 0.5) is 0 Å². The van der Waals surface area contributed by atoms with Crippen LogP contribution in [0.25, 0.3) is 225 Å². The molecule has 0 N–H and O–H groups in total.